The van der Waals surface area contributed by atoms with Crippen LogP contribution in [0.15, 0.2) is 41.8 Å². The van der Waals surface area contributed by atoms with Crippen LogP contribution in [0.25, 0.3) is 10.2 Å². The lowest BCUT2D eigenvalue weighted by Crippen LogP contribution is -3.14. The van der Waals surface area contributed by atoms with Gasteiger partial charge in [0.1, 0.15) is 0 Å². The highest BCUT2D eigenvalue weighted by Crippen LogP contribution is 2.31. The molecule has 0 spiro atoms. The average molecular weight is 387 g/mol. The summed E-state index contributed by atoms with van der Waals surface area (Å²) in [6, 6.07) is 12.5. The molecule has 1 aliphatic heterocycles. The van der Waals surface area contributed by atoms with Crippen LogP contribution in [-0.2, 0) is 11.2 Å². The maximum atomic E-state index is 12.2. The minimum Gasteiger partial charge on any atom is -0.351 e. The number of amides is 1. The number of nitrogens with one attached hydrogen (secondary N) is 2. The third-order valence-electron chi connectivity index (χ3n) is 5.04. The molecule has 1 aromatic carbocycles. The van der Waals surface area contributed by atoms with Crippen LogP contribution in [0.3, 0.4) is 0 Å². The molecule has 1 aliphatic rings. The van der Waals surface area contributed by atoms with E-state index in [-0.39, 0.29) is 5.91 Å². The van der Waals surface area contributed by atoms with Gasteiger partial charge in [0.15, 0.2) is 6.54 Å². The largest absolute Gasteiger partial charge is 0.351 e. The van der Waals surface area contributed by atoms with Crippen molar-refractivity contribution in [3.8, 4) is 0 Å². The number of para-hydroxylation sites is 1. The van der Waals surface area contributed by atoms with Crippen molar-refractivity contribution in [1.29, 1.82) is 0 Å². The Morgan fingerprint density at radius 1 is 1.19 bits per heavy atom. The van der Waals surface area contributed by atoms with Gasteiger partial charge in [0.2, 0.25) is 0 Å². The van der Waals surface area contributed by atoms with Gasteiger partial charge in [0.25, 0.3) is 5.91 Å². The molecule has 26 heavy (non-hydrogen) atoms. The van der Waals surface area contributed by atoms with E-state index in [0.717, 1.165) is 44.4 Å². The number of nitrogens with zero attached hydrogens (tertiary/aromatic N) is 1. The predicted octanol–water partition coefficient (Wildman–Crippen LogP) is 2.48. The second kappa shape index (κ2) is 8.29. The molecule has 0 aliphatic carbocycles. The number of likely N-dealkylation sites (tertiary alicyclic amines) is 1. The Bertz CT molecular complexity index is 818. The van der Waals surface area contributed by atoms with Gasteiger partial charge in [-0.25, -0.2) is 4.98 Å². The highest BCUT2D eigenvalue weighted by Gasteiger charge is 2.26. The van der Waals surface area contributed by atoms with Crippen molar-refractivity contribution in [2.75, 3.05) is 26.2 Å². The van der Waals surface area contributed by atoms with E-state index in [2.05, 4.69) is 47.1 Å². The molecule has 1 saturated heterocycles. The first kappa shape index (κ1) is 17.6. The summed E-state index contributed by atoms with van der Waals surface area (Å²) in [5, 5.41) is 6.41. The Morgan fingerprint density at radius 3 is 2.81 bits per heavy atom. The molecule has 0 saturated carbocycles. The summed E-state index contributed by atoms with van der Waals surface area (Å²) in [5.41, 5.74) is 1.12. The Labute approximate surface area is 161 Å². The van der Waals surface area contributed by atoms with E-state index in [1.807, 2.05) is 11.3 Å². The molecule has 1 amide bonds. The Balaban J connectivity index is 1.22. The van der Waals surface area contributed by atoms with Crippen LogP contribution in [0.1, 0.15) is 28.6 Å². The van der Waals surface area contributed by atoms with Gasteiger partial charge >= 0.3 is 0 Å². The van der Waals surface area contributed by atoms with Crippen molar-refractivity contribution >= 4 is 38.8 Å². The highest BCUT2D eigenvalue weighted by molar-refractivity contribution is 7.18. The van der Waals surface area contributed by atoms with Gasteiger partial charge in [-0.15, -0.1) is 22.7 Å². The molecular formula is C20H24N3OS2+. The highest BCUT2D eigenvalue weighted by atomic mass is 32.1. The van der Waals surface area contributed by atoms with Gasteiger partial charge in [-0.1, -0.05) is 18.2 Å². The summed E-state index contributed by atoms with van der Waals surface area (Å²) >= 11 is 3.58. The number of rotatable bonds is 6. The van der Waals surface area contributed by atoms with Crippen LogP contribution in [0, 0.1) is 0 Å². The molecule has 0 atom stereocenters. The molecule has 136 valence electrons. The van der Waals surface area contributed by atoms with Crippen LogP contribution in [-0.4, -0.2) is 37.1 Å². The molecule has 0 radical (unpaired) electrons. The van der Waals surface area contributed by atoms with Gasteiger partial charge in [-0.2, -0.15) is 0 Å². The zero-order valence-corrected chi connectivity index (χ0v) is 16.4. The van der Waals surface area contributed by atoms with Crippen LogP contribution >= 0.6 is 22.7 Å². The lowest BCUT2D eigenvalue weighted by atomic mass is 9.97. The number of thiazole rings is 1. The van der Waals surface area contributed by atoms with Crippen LogP contribution in [0.2, 0.25) is 0 Å². The molecule has 0 bridgehead atoms. The quantitative estimate of drug-likeness (QED) is 0.684. The summed E-state index contributed by atoms with van der Waals surface area (Å²) in [5.74, 6) is 0.730. The van der Waals surface area contributed by atoms with Crippen molar-refractivity contribution in [2.24, 2.45) is 0 Å². The van der Waals surface area contributed by atoms with Gasteiger partial charge in [0, 0.05) is 30.2 Å². The zero-order valence-electron chi connectivity index (χ0n) is 14.7. The Hall–Kier alpha value is -1.76. The van der Waals surface area contributed by atoms with E-state index in [9.17, 15) is 4.79 Å². The molecule has 6 heteroatoms. The third kappa shape index (κ3) is 4.31. The van der Waals surface area contributed by atoms with Gasteiger partial charge < -0.3 is 10.2 Å². The molecule has 0 unspecified atom stereocenters. The third-order valence-corrected chi connectivity index (χ3v) is 7.17. The number of aromatic nitrogens is 1. The summed E-state index contributed by atoms with van der Waals surface area (Å²) in [4.78, 5) is 19.7. The van der Waals surface area contributed by atoms with E-state index in [4.69, 9.17) is 4.98 Å². The number of piperidine rings is 1. The number of fused-ring (bicyclic) bond motifs is 1. The van der Waals surface area contributed by atoms with Crippen molar-refractivity contribution in [2.45, 2.75) is 25.2 Å². The predicted molar refractivity (Wildman–Crippen MR) is 108 cm³/mol. The topological polar surface area (TPSA) is 46.4 Å². The molecule has 1 fully saturated rings. The zero-order chi connectivity index (χ0) is 17.8. The van der Waals surface area contributed by atoms with Gasteiger partial charge in [-0.3, -0.25) is 4.79 Å². The molecule has 2 N–H and O–H groups in total. The van der Waals surface area contributed by atoms with Crippen LogP contribution in [0.4, 0.5) is 0 Å². The first-order valence-corrected chi connectivity index (χ1v) is 11.0. The molecule has 4 rings (SSSR count). The summed E-state index contributed by atoms with van der Waals surface area (Å²) in [6.07, 6.45) is 3.17. The van der Waals surface area contributed by atoms with Crippen molar-refractivity contribution in [3.05, 3.63) is 51.7 Å². The number of quaternary nitrogens is 1. The SMILES string of the molecule is O=C(C[NH+]1CCC(c2nc3ccccc3s2)CC1)NCCc1cccs1. The van der Waals surface area contributed by atoms with E-state index in [1.54, 1.807) is 11.3 Å². The van der Waals surface area contributed by atoms with E-state index in [1.165, 1.54) is 19.5 Å². The van der Waals surface area contributed by atoms with Crippen LogP contribution < -0.4 is 10.2 Å². The van der Waals surface area contributed by atoms with E-state index < -0.39 is 0 Å². The fraction of sp³-hybridized carbons (Fsp3) is 0.400. The summed E-state index contributed by atoms with van der Waals surface area (Å²) in [7, 11) is 0. The fourth-order valence-corrected chi connectivity index (χ4v) is 5.43. The van der Waals surface area contributed by atoms with Crippen molar-refractivity contribution < 1.29 is 9.69 Å². The number of thiophene rings is 1. The first-order valence-electron chi connectivity index (χ1n) is 9.26. The van der Waals surface area contributed by atoms with Crippen LogP contribution in [0.5, 0.6) is 0 Å². The Morgan fingerprint density at radius 2 is 2.04 bits per heavy atom. The second-order valence-corrected chi connectivity index (χ2v) is 8.99. The normalized spacial score (nSPS) is 20.3. The smallest absolute Gasteiger partial charge is 0.275 e. The summed E-state index contributed by atoms with van der Waals surface area (Å²) < 4.78 is 1.28. The second-order valence-electron chi connectivity index (χ2n) is 6.90. The van der Waals surface area contributed by atoms with E-state index >= 15 is 0 Å². The number of benzene rings is 1. The summed E-state index contributed by atoms with van der Waals surface area (Å²) in [6.45, 7) is 3.44. The van der Waals surface area contributed by atoms with E-state index in [0.29, 0.717) is 12.5 Å². The molecule has 3 heterocycles. The average Bonchev–Trinajstić information content (AvgIpc) is 3.31. The lowest BCUT2D eigenvalue weighted by molar-refractivity contribution is -0.897. The minimum absolute atomic E-state index is 0.176. The lowest BCUT2D eigenvalue weighted by Gasteiger charge is -2.27. The van der Waals surface area contributed by atoms with Crippen molar-refractivity contribution in [1.82, 2.24) is 10.3 Å². The number of hydrogen-bond donors (Lipinski definition) is 2. The van der Waals surface area contributed by atoms with Gasteiger partial charge in [-0.05, 0) is 30.0 Å². The molecular weight excluding hydrogens is 362 g/mol. The minimum atomic E-state index is 0.176. The Kier molecular flexibility index (Phi) is 5.62. The molecule has 3 aromatic rings. The first-order chi connectivity index (χ1) is 12.8. The van der Waals surface area contributed by atoms with Gasteiger partial charge in [0.05, 0.1) is 28.3 Å². The number of carbonyl (C=O) groups excluding carboxylic acids is 1. The fourth-order valence-electron chi connectivity index (χ4n) is 3.58. The number of hydrogen-bond acceptors (Lipinski definition) is 4. The molecule has 4 nitrogen and oxygen atoms in total. The van der Waals surface area contributed by atoms with Crippen molar-refractivity contribution in [3.63, 3.8) is 0 Å². The maximum Gasteiger partial charge on any atom is 0.275 e. The maximum absolute atomic E-state index is 12.2. The molecule has 2 aromatic heterocycles. The number of carbonyl (C=O) groups is 1. The monoisotopic (exact) mass is 386 g/mol. The standard InChI is InChI=1S/C20H23N3OS2/c24-19(21-10-7-16-4-3-13-25-16)14-23-11-8-15(9-12-23)20-22-17-5-1-2-6-18(17)26-20/h1-6,13,15H,7-12,14H2,(H,21,24)/p+1.